The van der Waals surface area contributed by atoms with Gasteiger partial charge in [-0.1, -0.05) is 26.0 Å². The molecular formula is C18H21N3OS. The fourth-order valence-electron chi connectivity index (χ4n) is 2.63. The number of carbonyl (C=O) groups is 1. The molecule has 0 saturated carbocycles. The van der Waals surface area contributed by atoms with Crippen LogP contribution in [0.1, 0.15) is 46.7 Å². The summed E-state index contributed by atoms with van der Waals surface area (Å²) in [5.41, 5.74) is 1.93. The number of para-hydroxylation sites is 2. The largest absolute Gasteiger partial charge is 0.341 e. The summed E-state index contributed by atoms with van der Waals surface area (Å²) in [6.45, 7) is 6.31. The molecule has 1 amide bonds. The van der Waals surface area contributed by atoms with Gasteiger partial charge in [0.25, 0.3) is 5.91 Å². The van der Waals surface area contributed by atoms with Gasteiger partial charge in [-0.3, -0.25) is 4.79 Å². The Morgan fingerprint density at radius 3 is 2.70 bits per heavy atom. The summed E-state index contributed by atoms with van der Waals surface area (Å²) >= 11 is 1.51. The lowest BCUT2D eigenvalue weighted by atomic mass is 10.0. The number of hydrogen-bond acceptors (Lipinski definition) is 3. The van der Waals surface area contributed by atoms with Gasteiger partial charge in [-0.2, -0.15) is 0 Å². The number of aryl methyl sites for hydroxylation is 1. The molecule has 0 radical (unpaired) electrons. The summed E-state index contributed by atoms with van der Waals surface area (Å²) in [5, 5.41) is 3.13. The number of amides is 1. The van der Waals surface area contributed by atoms with Gasteiger partial charge in [-0.25, -0.2) is 4.98 Å². The Labute approximate surface area is 140 Å². The van der Waals surface area contributed by atoms with Crippen molar-refractivity contribution in [2.45, 2.75) is 33.2 Å². The molecule has 120 valence electrons. The fraction of sp³-hybridized carbons (Fsp3) is 0.333. The first-order chi connectivity index (χ1) is 11.0. The summed E-state index contributed by atoms with van der Waals surface area (Å²) < 4.78 is 0. The molecule has 0 aliphatic carbocycles. The topological polar surface area (TPSA) is 57.8 Å². The van der Waals surface area contributed by atoms with Gasteiger partial charge < -0.3 is 10.3 Å². The monoisotopic (exact) mass is 327 g/mol. The van der Waals surface area contributed by atoms with E-state index in [0.717, 1.165) is 33.0 Å². The number of carbonyl (C=O) groups excluding carboxylic acids is 1. The summed E-state index contributed by atoms with van der Waals surface area (Å²) in [5.74, 6) is 1.24. The standard InChI is InChI=1S/C18H21N3OS/c1-11(2)10-15(21-18(22)16-9-8-12(3)23-16)17-19-13-6-4-5-7-14(13)20-17/h4-9,11,15H,10H2,1-3H3,(H,19,20)(H,21,22). The molecule has 4 nitrogen and oxygen atoms in total. The molecule has 0 aliphatic rings. The second-order valence-electron chi connectivity index (χ2n) is 6.21. The van der Waals surface area contributed by atoms with Crippen LogP contribution in [-0.4, -0.2) is 15.9 Å². The number of fused-ring (bicyclic) bond motifs is 1. The lowest BCUT2D eigenvalue weighted by Gasteiger charge is -2.18. The van der Waals surface area contributed by atoms with Gasteiger partial charge in [0.05, 0.1) is 22.0 Å². The second kappa shape index (κ2) is 6.54. The first kappa shape index (κ1) is 15.7. The highest BCUT2D eigenvalue weighted by Crippen LogP contribution is 2.23. The summed E-state index contributed by atoms with van der Waals surface area (Å²) in [7, 11) is 0. The maximum absolute atomic E-state index is 12.5. The molecule has 0 bridgehead atoms. The molecule has 23 heavy (non-hydrogen) atoms. The van der Waals surface area contributed by atoms with Gasteiger partial charge in [-0.05, 0) is 43.5 Å². The average molecular weight is 327 g/mol. The maximum atomic E-state index is 12.5. The molecule has 1 unspecified atom stereocenters. The number of nitrogens with one attached hydrogen (secondary N) is 2. The highest BCUT2D eigenvalue weighted by molar-refractivity contribution is 7.13. The molecule has 2 N–H and O–H groups in total. The Bertz CT molecular complexity index is 785. The highest BCUT2D eigenvalue weighted by Gasteiger charge is 2.21. The molecule has 0 saturated heterocycles. The van der Waals surface area contributed by atoms with E-state index in [1.54, 1.807) is 0 Å². The lowest BCUT2D eigenvalue weighted by Crippen LogP contribution is -2.29. The second-order valence-corrected chi connectivity index (χ2v) is 7.49. The van der Waals surface area contributed by atoms with Crippen LogP contribution < -0.4 is 5.32 Å². The molecule has 3 rings (SSSR count). The van der Waals surface area contributed by atoms with Gasteiger partial charge in [-0.15, -0.1) is 11.3 Å². The third-order valence-corrected chi connectivity index (χ3v) is 4.71. The van der Waals surface area contributed by atoms with Crippen LogP contribution in [0.3, 0.4) is 0 Å². The number of aromatic nitrogens is 2. The quantitative estimate of drug-likeness (QED) is 0.727. The minimum absolute atomic E-state index is 0.0331. The minimum atomic E-state index is -0.114. The van der Waals surface area contributed by atoms with Crippen LogP contribution in [0.4, 0.5) is 0 Å². The number of hydrogen-bond donors (Lipinski definition) is 2. The van der Waals surface area contributed by atoms with E-state index in [9.17, 15) is 4.79 Å². The van der Waals surface area contributed by atoms with Gasteiger partial charge >= 0.3 is 0 Å². The van der Waals surface area contributed by atoms with Crippen molar-refractivity contribution in [2.24, 2.45) is 5.92 Å². The number of H-pyrrole nitrogens is 1. The Balaban J connectivity index is 1.86. The molecular weight excluding hydrogens is 306 g/mol. The van der Waals surface area contributed by atoms with Crippen LogP contribution >= 0.6 is 11.3 Å². The number of thiophene rings is 1. The van der Waals surface area contributed by atoms with E-state index in [4.69, 9.17) is 0 Å². The number of rotatable bonds is 5. The molecule has 1 aromatic carbocycles. The Morgan fingerprint density at radius 2 is 2.04 bits per heavy atom. The van der Waals surface area contributed by atoms with Crippen LogP contribution in [0.25, 0.3) is 11.0 Å². The number of imidazole rings is 1. The molecule has 5 heteroatoms. The van der Waals surface area contributed by atoms with Crippen LogP contribution in [0.5, 0.6) is 0 Å². The van der Waals surface area contributed by atoms with Crippen LogP contribution in [0.2, 0.25) is 0 Å². The van der Waals surface area contributed by atoms with E-state index < -0.39 is 0 Å². The minimum Gasteiger partial charge on any atom is -0.341 e. The first-order valence-electron chi connectivity index (χ1n) is 7.85. The summed E-state index contributed by atoms with van der Waals surface area (Å²) in [4.78, 5) is 22.4. The van der Waals surface area contributed by atoms with Crippen molar-refractivity contribution in [3.05, 3.63) is 52.0 Å². The summed E-state index contributed by atoms with van der Waals surface area (Å²) in [6, 6.07) is 11.7. The highest BCUT2D eigenvalue weighted by atomic mass is 32.1. The molecule has 0 spiro atoms. The lowest BCUT2D eigenvalue weighted by molar-refractivity contribution is 0.0934. The molecule has 3 aromatic rings. The molecule has 2 aromatic heterocycles. The van der Waals surface area contributed by atoms with E-state index >= 15 is 0 Å². The SMILES string of the molecule is Cc1ccc(C(=O)NC(CC(C)C)c2nc3ccccc3[nH]2)s1. The van der Waals surface area contributed by atoms with Crippen LogP contribution in [0, 0.1) is 12.8 Å². The van der Waals surface area contributed by atoms with Gasteiger partial charge in [0.2, 0.25) is 0 Å². The van der Waals surface area contributed by atoms with Crippen molar-refractivity contribution in [3.8, 4) is 0 Å². The molecule has 0 fully saturated rings. The average Bonchev–Trinajstić information content (AvgIpc) is 3.11. The Hall–Kier alpha value is -2.14. The fourth-order valence-corrected chi connectivity index (χ4v) is 3.40. The number of aromatic amines is 1. The van der Waals surface area contributed by atoms with Crippen molar-refractivity contribution in [1.82, 2.24) is 15.3 Å². The predicted octanol–water partition coefficient (Wildman–Crippen LogP) is 4.45. The van der Waals surface area contributed by atoms with Crippen molar-refractivity contribution >= 4 is 28.3 Å². The van der Waals surface area contributed by atoms with E-state index in [0.29, 0.717) is 5.92 Å². The van der Waals surface area contributed by atoms with E-state index in [2.05, 4.69) is 29.1 Å². The number of nitrogens with zero attached hydrogens (tertiary/aromatic N) is 1. The summed E-state index contributed by atoms with van der Waals surface area (Å²) in [6.07, 6.45) is 0.843. The predicted molar refractivity (Wildman–Crippen MR) is 94.8 cm³/mol. The van der Waals surface area contributed by atoms with E-state index in [1.165, 1.54) is 11.3 Å². The number of benzene rings is 1. The Kier molecular flexibility index (Phi) is 4.48. The Morgan fingerprint density at radius 1 is 1.26 bits per heavy atom. The molecule has 1 atom stereocenters. The van der Waals surface area contributed by atoms with Crippen LogP contribution in [0.15, 0.2) is 36.4 Å². The van der Waals surface area contributed by atoms with Gasteiger partial charge in [0.15, 0.2) is 0 Å². The van der Waals surface area contributed by atoms with Crippen molar-refractivity contribution in [1.29, 1.82) is 0 Å². The molecule has 0 aliphatic heterocycles. The van der Waals surface area contributed by atoms with E-state index in [-0.39, 0.29) is 11.9 Å². The third-order valence-electron chi connectivity index (χ3n) is 3.71. The normalized spacial score (nSPS) is 12.7. The zero-order valence-electron chi connectivity index (χ0n) is 13.6. The van der Waals surface area contributed by atoms with Crippen LogP contribution in [-0.2, 0) is 0 Å². The molecule has 2 heterocycles. The van der Waals surface area contributed by atoms with Crippen molar-refractivity contribution < 1.29 is 4.79 Å². The van der Waals surface area contributed by atoms with Gasteiger partial charge in [0, 0.05) is 4.88 Å². The third kappa shape index (κ3) is 3.62. The first-order valence-corrected chi connectivity index (χ1v) is 8.66. The van der Waals surface area contributed by atoms with E-state index in [1.807, 2.05) is 43.3 Å². The van der Waals surface area contributed by atoms with Gasteiger partial charge in [0.1, 0.15) is 5.82 Å². The van der Waals surface area contributed by atoms with Crippen molar-refractivity contribution in [3.63, 3.8) is 0 Å². The maximum Gasteiger partial charge on any atom is 0.261 e. The smallest absolute Gasteiger partial charge is 0.261 e. The zero-order valence-corrected chi connectivity index (χ0v) is 14.4. The van der Waals surface area contributed by atoms with Crippen molar-refractivity contribution in [2.75, 3.05) is 0 Å². The zero-order chi connectivity index (χ0) is 16.4.